The molecule has 0 aliphatic heterocycles. The van der Waals surface area contributed by atoms with E-state index in [0.717, 1.165) is 6.08 Å². The summed E-state index contributed by atoms with van der Waals surface area (Å²) in [6.45, 7) is -0.557. The Hall–Kier alpha value is -4.08. The van der Waals surface area contributed by atoms with Crippen molar-refractivity contribution in [1.29, 1.82) is 0 Å². The van der Waals surface area contributed by atoms with Crippen LogP contribution >= 0.6 is 0 Å². The van der Waals surface area contributed by atoms with Crippen LogP contribution in [0.3, 0.4) is 0 Å². The van der Waals surface area contributed by atoms with Gasteiger partial charge in [-0.1, -0.05) is 12.1 Å². The van der Waals surface area contributed by atoms with E-state index in [1.54, 1.807) is 18.2 Å². The molecule has 10 nitrogen and oxygen atoms in total. The van der Waals surface area contributed by atoms with Gasteiger partial charge in [0.1, 0.15) is 5.75 Å². The molecular weight excluding hydrogens is 396 g/mol. The zero-order valence-corrected chi connectivity index (χ0v) is 16.5. The summed E-state index contributed by atoms with van der Waals surface area (Å²) in [6.07, 6.45) is 2.62. The summed E-state index contributed by atoms with van der Waals surface area (Å²) in [6, 6.07) is 8.88. The number of nitrogens with one attached hydrogen (secondary N) is 1. The third kappa shape index (κ3) is 5.71. The Balaban J connectivity index is 1.96. The lowest BCUT2D eigenvalue weighted by Gasteiger charge is -2.10. The minimum atomic E-state index is -0.745. The molecule has 0 aliphatic carbocycles. The molecule has 0 heterocycles. The molecule has 0 aliphatic rings. The van der Waals surface area contributed by atoms with Gasteiger partial charge in [-0.05, 0) is 18.2 Å². The number of esters is 1. The van der Waals surface area contributed by atoms with Crippen molar-refractivity contribution in [2.75, 3.05) is 33.3 Å². The number of carbonyl (C=O) groups excluding carboxylic acids is 2. The number of hydrogen-bond acceptors (Lipinski definition) is 8. The Kier molecular flexibility index (Phi) is 7.74. The molecule has 0 unspecified atom stereocenters. The number of non-ortho nitro benzene ring substituents is 1. The van der Waals surface area contributed by atoms with Gasteiger partial charge in [0.05, 0.1) is 38.0 Å². The van der Waals surface area contributed by atoms with Crippen molar-refractivity contribution in [2.24, 2.45) is 0 Å². The second-order valence-electron chi connectivity index (χ2n) is 5.71. The molecule has 1 N–H and O–H groups in total. The molecular formula is C20H20N2O8. The number of anilines is 1. The average Bonchev–Trinajstić information content (AvgIpc) is 2.75. The first-order valence-electron chi connectivity index (χ1n) is 8.57. The van der Waals surface area contributed by atoms with Crippen LogP contribution in [0.15, 0.2) is 42.5 Å². The number of rotatable bonds is 9. The summed E-state index contributed by atoms with van der Waals surface area (Å²) in [5.74, 6) is -0.320. The van der Waals surface area contributed by atoms with Crippen LogP contribution < -0.4 is 19.5 Å². The fraction of sp³-hybridized carbons (Fsp3) is 0.200. The van der Waals surface area contributed by atoms with Crippen molar-refractivity contribution in [2.45, 2.75) is 0 Å². The summed E-state index contributed by atoms with van der Waals surface area (Å²) in [5.41, 5.74) is 0.615. The van der Waals surface area contributed by atoms with Crippen molar-refractivity contribution in [1.82, 2.24) is 0 Å². The van der Waals surface area contributed by atoms with Gasteiger partial charge in [0, 0.05) is 17.7 Å². The van der Waals surface area contributed by atoms with Gasteiger partial charge in [0.25, 0.3) is 11.6 Å². The fourth-order valence-electron chi connectivity index (χ4n) is 2.47. The number of carbonyl (C=O) groups is 2. The van der Waals surface area contributed by atoms with E-state index in [-0.39, 0.29) is 17.1 Å². The van der Waals surface area contributed by atoms with Crippen LogP contribution in [0.5, 0.6) is 17.2 Å². The van der Waals surface area contributed by atoms with E-state index < -0.39 is 23.4 Å². The van der Waals surface area contributed by atoms with E-state index in [1.807, 2.05) is 0 Å². The van der Waals surface area contributed by atoms with Gasteiger partial charge in [-0.3, -0.25) is 14.9 Å². The first-order chi connectivity index (χ1) is 14.4. The molecule has 0 bridgehead atoms. The number of nitrogens with zero attached hydrogens (tertiary/aromatic N) is 1. The van der Waals surface area contributed by atoms with Gasteiger partial charge < -0.3 is 24.3 Å². The van der Waals surface area contributed by atoms with E-state index in [1.165, 1.54) is 45.6 Å². The lowest BCUT2D eigenvalue weighted by Crippen LogP contribution is -2.20. The van der Waals surface area contributed by atoms with Gasteiger partial charge in [-0.25, -0.2) is 4.79 Å². The second kappa shape index (κ2) is 10.5. The summed E-state index contributed by atoms with van der Waals surface area (Å²) >= 11 is 0. The fourth-order valence-corrected chi connectivity index (χ4v) is 2.47. The third-order valence-corrected chi connectivity index (χ3v) is 3.85. The molecule has 2 aromatic carbocycles. The predicted molar refractivity (Wildman–Crippen MR) is 108 cm³/mol. The molecule has 10 heteroatoms. The highest BCUT2D eigenvalue weighted by Gasteiger charge is 2.14. The Morgan fingerprint density at radius 1 is 1.07 bits per heavy atom. The van der Waals surface area contributed by atoms with Crippen molar-refractivity contribution in [3.05, 3.63) is 58.2 Å². The number of nitro benzene ring substituents is 1. The van der Waals surface area contributed by atoms with Crippen molar-refractivity contribution in [3.63, 3.8) is 0 Å². The SMILES string of the molecule is COc1cc([N+](=O)[O-])ccc1NC(=O)COC(=O)/C=C/c1cccc(OC)c1OC. The molecule has 2 aromatic rings. The Labute approximate surface area is 172 Å². The van der Waals surface area contributed by atoms with Crippen molar-refractivity contribution < 1.29 is 33.5 Å². The first-order valence-corrected chi connectivity index (χ1v) is 8.57. The van der Waals surface area contributed by atoms with E-state index in [2.05, 4.69) is 5.32 Å². The summed E-state index contributed by atoms with van der Waals surface area (Å²) in [4.78, 5) is 34.2. The highest BCUT2D eigenvalue weighted by atomic mass is 16.6. The zero-order valence-electron chi connectivity index (χ0n) is 16.5. The number of methoxy groups -OCH3 is 3. The molecule has 0 spiro atoms. The second-order valence-corrected chi connectivity index (χ2v) is 5.71. The van der Waals surface area contributed by atoms with E-state index >= 15 is 0 Å². The number of benzene rings is 2. The van der Waals surface area contributed by atoms with E-state index in [4.69, 9.17) is 18.9 Å². The smallest absolute Gasteiger partial charge is 0.331 e. The highest BCUT2D eigenvalue weighted by molar-refractivity contribution is 5.96. The molecule has 0 aromatic heterocycles. The average molecular weight is 416 g/mol. The summed E-state index contributed by atoms with van der Waals surface area (Å²) in [7, 11) is 4.29. The molecule has 158 valence electrons. The number of para-hydroxylation sites is 1. The molecule has 1 amide bonds. The van der Waals surface area contributed by atoms with E-state index in [9.17, 15) is 19.7 Å². The van der Waals surface area contributed by atoms with Gasteiger partial charge in [0.15, 0.2) is 18.1 Å². The number of nitro groups is 1. The number of hydrogen-bond donors (Lipinski definition) is 1. The Morgan fingerprint density at radius 2 is 1.80 bits per heavy atom. The largest absolute Gasteiger partial charge is 0.494 e. The van der Waals surface area contributed by atoms with Crippen LogP contribution in [0.4, 0.5) is 11.4 Å². The minimum absolute atomic E-state index is 0.105. The Morgan fingerprint density at radius 3 is 2.43 bits per heavy atom. The molecule has 2 rings (SSSR count). The van der Waals surface area contributed by atoms with Crippen LogP contribution in [0.2, 0.25) is 0 Å². The molecule has 0 radical (unpaired) electrons. The van der Waals surface area contributed by atoms with Crippen LogP contribution in [0.1, 0.15) is 5.56 Å². The van der Waals surface area contributed by atoms with E-state index in [0.29, 0.717) is 17.1 Å². The molecule has 0 atom stereocenters. The van der Waals surface area contributed by atoms with Crippen LogP contribution in [-0.4, -0.2) is 44.7 Å². The highest BCUT2D eigenvalue weighted by Crippen LogP contribution is 2.31. The van der Waals surface area contributed by atoms with Gasteiger partial charge in [0.2, 0.25) is 0 Å². The Bertz CT molecular complexity index is 971. The maximum absolute atomic E-state index is 12.0. The molecule has 30 heavy (non-hydrogen) atoms. The summed E-state index contributed by atoms with van der Waals surface area (Å²) in [5, 5.41) is 13.3. The summed E-state index contributed by atoms with van der Waals surface area (Å²) < 4.78 is 20.4. The molecule has 0 fully saturated rings. The third-order valence-electron chi connectivity index (χ3n) is 3.85. The van der Waals surface area contributed by atoms with Gasteiger partial charge in [-0.15, -0.1) is 0 Å². The van der Waals surface area contributed by atoms with Crippen LogP contribution in [-0.2, 0) is 14.3 Å². The monoisotopic (exact) mass is 416 g/mol. The van der Waals surface area contributed by atoms with Crippen molar-refractivity contribution in [3.8, 4) is 17.2 Å². The van der Waals surface area contributed by atoms with Gasteiger partial charge >= 0.3 is 5.97 Å². The van der Waals surface area contributed by atoms with Crippen LogP contribution in [0.25, 0.3) is 6.08 Å². The topological polar surface area (TPSA) is 126 Å². The normalized spacial score (nSPS) is 10.4. The quantitative estimate of drug-likeness (QED) is 0.286. The first kappa shape index (κ1) is 22.2. The standard InChI is InChI=1S/C20H20N2O8/c1-27-16-6-4-5-13(20(16)29-3)7-10-19(24)30-12-18(23)21-15-9-8-14(22(25)26)11-17(15)28-2/h4-11H,12H2,1-3H3,(H,21,23)/b10-7+. The zero-order chi connectivity index (χ0) is 22.1. The number of amides is 1. The predicted octanol–water partition coefficient (Wildman–Crippen LogP) is 2.82. The van der Waals surface area contributed by atoms with Gasteiger partial charge in [-0.2, -0.15) is 0 Å². The maximum atomic E-state index is 12.0. The van der Waals surface area contributed by atoms with Crippen LogP contribution in [0, 0.1) is 10.1 Å². The number of ether oxygens (including phenoxy) is 4. The molecule has 0 saturated heterocycles. The minimum Gasteiger partial charge on any atom is -0.494 e. The lowest BCUT2D eigenvalue weighted by molar-refractivity contribution is -0.384. The molecule has 0 saturated carbocycles. The van der Waals surface area contributed by atoms with Crippen molar-refractivity contribution >= 4 is 29.3 Å². The lowest BCUT2D eigenvalue weighted by atomic mass is 10.1. The maximum Gasteiger partial charge on any atom is 0.331 e.